The fourth-order valence-corrected chi connectivity index (χ4v) is 4.12. The number of rotatable bonds is 4. The summed E-state index contributed by atoms with van der Waals surface area (Å²) >= 11 is 2.83. The highest BCUT2D eigenvalue weighted by Crippen LogP contribution is 2.38. The van der Waals surface area contributed by atoms with Crippen molar-refractivity contribution in [1.82, 2.24) is 20.6 Å². The molecule has 0 spiro atoms. The molecule has 1 aromatic carbocycles. The summed E-state index contributed by atoms with van der Waals surface area (Å²) in [5.41, 5.74) is 1.64. The number of hydrogen-bond donors (Lipinski definition) is 2. The number of amides is 3. The monoisotopic (exact) mass is 358 g/mol. The van der Waals surface area contributed by atoms with Gasteiger partial charge in [-0.05, 0) is 17.0 Å². The number of aromatic nitrogens is 2. The van der Waals surface area contributed by atoms with E-state index in [0.29, 0.717) is 0 Å². The van der Waals surface area contributed by atoms with Crippen LogP contribution in [0.1, 0.15) is 10.8 Å². The first-order valence-corrected chi connectivity index (χ1v) is 8.87. The molecule has 24 heavy (non-hydrogen) atoms. The van der Waals surface area contributed by atoms with Crippen LogP contribution < -0.4 is 10.6 Å². The number of thiophene rings is 1. The first-order valence-electron chi connectivity index (χ1n) is 7.11. The number of benzene rings is 1. The van der Waals surface area contributed by atoms with Crippen LogP contribution in [0.25, 0.3) is 10.2 Å². The van der Waals surface area contributed by atoms with Gasteiger partial charge in [-0.3, -0.25) is 10.1 Å². The molecule has 0 bridgehead atoms. The molecular formula is C16H14N4O2S2. The SMILES string of the molecule is CNC(=O)NC(=O)C(Sc1ncnc2ccsc12)c1ccccc1. The zero-order valence-electron chi connectivity index (χ0n) is 12.7. The molecule has 0 radical (unpaired) electrons. The molecular weight excluding hydrogens is 344 g/mol. The average molecular weight is 358 g/mol. The van der Waals surface area contributed by atoms with Gasteiger partial charge in [0.1, 0.15) is 16.6 Å². The lowest BCUT2D eigenvalue weighted by Gasteiger charge is -2.16. The molecule has 3 amide bonds. The van der Waals surface area contributed by atoms with Gasteiger partial charge in [0.15, 0.2) is 0 Å². The van der Waals surface area contributed by atoms with Crippen molar-refractivity contribution in [3.8, 4) is 0 Å². The molecule has 0 aliphatic carbocycles. The van der Waals surface area contributed by atoms with E-state index in [-0.39, 0.29) is 0 Å². The second-order valence-corrected chi connectivity index (χ2v) is 6.80. The number of nitrogens with one attached hydrogen (secondary N) is 2. The number of hydrogen-bond acceptors (Lipinski definition) is 6. The zero-order valence-corrected chi connectivity index (χ0v) is 14.4. The Hall–Kier alpha value is -2.45. The van der Waals surface area contributed by atoms with Crippen molar-refractivity contribution in [2.45, 2.75) is 10.3 Å². The van der Waals surface area contributed by atoms with E-state index in [1.807, 2.05) is 41.8 Å². The molecule has 0 aliphatic heterocycles. The minimum atomic E-state index is -0.594. The lowest BCUT2D eigenvalue weighted by atomic mass is 10.1. The van der Waals surface area contributed by atoms with Crippen LogP contribution in [0.15, 0.2) is 53.1 Å². The van der Waals surface area contributed by atoms with Gasteiger partial charge in [0.05, 0.1) is 10.2 Å². The minimum Gasteiger partial charge on any atom is -0.341 e. The van der Waals surface area contributed by atoms with E-state index >= 15 is 0 Å². The summed E-state index contributed by atoms with van der Waals surface area (Å²) in [5, 5.41) is 6.79. The van der Waals surface area contributed by atoms with E-state index in [9.17, 15) is 9.59 Å². The molecule has 0 aliphatic rings. The topological polar surface area (TPSA) is 84.0 Å². The van der Waals surface area contributed by atoms with Crippen LogP contribution in [-0.2, 0) is 4.79 Å². The van der Waals surface area contributed by atoms with E-state index in [0.717, 1.165) is 20.8 Å². The van der Waals surface area contributed by atoms with Gasteiger partial charge in [0.2, 0.25) is 5.91 Å². The fourth-order valence-electron chi connectivity index (χ4n) is 2.10. The number of carbonyl (C=O) groups excluding carboxylic acids is 2. The highest BCUT2D eigenvalue weighted by molar-refractivity contribution is 8.00. The summed E-state index contributed by atoms with van der Waals surface area (Å²) in [6, 6.07) is 10.7. The van der Waals surface area contributed by atoms with Gasteiger partial charge in [0, 0.05) is 7.05 Å². The molecule has 1 unspecified atom stereocenters. The van der Waals surface area contributed by atoms with Crippen molar-refractivity contribution in [2.75, 3.05) is 7.05 Å². The number of carbonyl (C=O) groups is 2. The van der Waals surface area contributed by atoms with Crippen molar-refractivity contribution >= 4 is 45.3 Å². The highest BCUT2D eigenvalue weighted by atomic mass is 32.2. The predicted molar refractivity (Wildman–Crippen MR) is 95.1 cm³/mol. The third-order valence-electron chi connectivity index (χ3n) is 3.24. The van der Waals surface area contributed by atoms with Crippen molar-refractivity contribution in [1.29, 1.82) is 0 Å². The van der Waals surface area contributed by atoms with Crippen LogP contribution in [-0.4, -0.2) is 29.0 Å². The van der Waals surface area contributed by atoms with Gasteiger partial charge in [0.25, 0.3) is 0 Å². The predicted octanol–water partition coefficient (Wildman–Crippen LogP) is 2.98. The van der Waals surface area contributed by atoms with Crippen molar-refractivity contribution in [2.24, 2.45) is 0 Å². The maximum absolute atomic E-state index is 12.6. The number of fused-ring (bicyclic) bond motifs is 1. The first-order chi connectivity index (χ1) is 11.7. The quantitative estimate of drug-likeness (QED) is 0.553. The second-order valence-electron chi connectivity index (χ2n) is 4.79. The second kappa shape index (κ2) is 7.41. The maximum Gasteiger partial charge on any atom is 0.321 e. The summed E-state index contributed by atoms with van der Waals surface area (Å²) in [6.07, 6.45) is 1.48. The van der Waals surface area contributed by atoms with Gasteiger partial charge in [-0.25, -0.2) is 14.8 Å². The Labute approximate surface area is 146 Å². The number of thioether (sulfide) groups is 1. The molecule has 2 N–H and O–H groups in total. The first kappa shape index (κ1) is 16.4. The summed E-state index contributed by atoms with van der Waals surface area (Å²) in [5.74, 6) is -0.395. The van der Waals surface area contributed by atoms with Gasteiger partial charge in [-0.2, -0.15) is 0 Å². The van der Waals surface area contributed by atoms with E-state index in [1.165, 1.54) is 36.5 Å². The molecule has 2 heterocycles. The lowest BCUT2D eigenvalue weighted by molar-refractivity contribution is -0.119. The molecule has 0 saturated carbocycles. The van der Waals surface area contributed by atoms with Crippen molar-refractivity contribution in [3.05, 3.63) is 53.7 Å². The minimum absolute atomic E-state index is 0.395. The molecule has 1 atom stereocenters. The summed E-state index contributed by atoms with van der Waals surface area (Å²) in [7, 11) is 1.47. The standard InChI is InChI=1S/C16H14N4O2S2/c1-17-16(22)20-14(21)12(10-5-3-2-4-6-10)24-15-13-11(7-8-23-13)18-9-19-15/h2-9,12H,1H3,(H2,17,20,21,22). The Morgan fingerprint density at radius 2 is 1.96 bits per heavy atom. The smallest absolute Gasteiger partial charge is 0.321 e. The molecule has 3 rings (SSSR count). The van der Waals surface area contributed by atoms with Crippen molar-refractivity contribution in [3.63, 3.8) is 0 Å². The Morgan fingerprint density at radius 1 is 1.17 bits per heavy atom. The van der Waals surface area contributed by atoms with Crippen LogP contribution in [0.3, 0.4) is 0 Å². The summed E-state index contributed by atoms with van der Waals surface area (Å²) in [6.45, 7) is 0. The van der Waals surface area contributed by atoms with Crippen LogP contribution in [0.4, 0.5) is 4.79 Å². The lowest BCUT2D eigenvalue weighted by Crippen LogP contribution is -2.39. The van der Waals surface area contributed by atoms with E-state index in [1.54, 1.807) is 0 Å². The van der Waals surface area contributed by atoms with E-state index < -0.39 is 17.2 Å². The Balaban J connectivity index is 1.94. The zero-order chi connectivity index (χ0) is 16.9. The summed E-state index contributed by atoms with van der Waals surface area (Å²) in [4.78, 5) is 32.6. The van der Waals surface area contributed by atoms with Crippen LogP contribution in [0, 0.1) is 0 Å². The Kier molecular flexibility index (Phi) is 5.07. The number of imide groups is 1. The highest BCUT2D eigenvalue weighted by Gasteiger charge is 2.25. The van der Waals surface area contributed by atoms with Gasteiger partial charge >= 0.3 is 6.03 Å². The fraction of sp³-hybridized carbons (Fsp3) is 0.125. The van der Waals surface area contributed by atoms with Gasteiger partial charge < -0.3 is 5.32 Å². The van der Waals surface area contributed by atoms with E-state index in [2.05, 4.69) is 20.6 Å². The Bertz CT molecular complexity index is 867. The number of nitrogens with zero attached hydrogens (tertiary/aromatic N) is 2. The van der Waals surface area contributed by atoms with Crippen LogP contribution in [0.5, 0.6) is 0 Å². The molecule has 0 saturated heterocycles. The summed E-state index contributed by atoms with van der Waals surface area (Å²) < 4.78 is 0.927. The normalized spacial score (nSPS) is 11.9. The van der Waals surface area contributed by atoms with Gasteiger partial charge in [-0.15, -0.1) is 11.3 Å². The largest absolute Gasteiger partial charge is 0.341 e. The Morgan fingerprint density at radius 3 is 2.71 bits per heavy atom. The van der Waals surface area contributed by atoms with E-state index in [4.69, 9.17) is 0 Å². The molecule has 2 aromatic heterocycles. The maximum atomic E-state index is 12.6. The number of urea groups is 1. The third-order valence-corrected chi connectivity index (χ3v) is 5.54. The molecule has 122 valence electrons. The molecule has 3 aromatic rings. The van der Waals surface area contributed by atoms with Crippen LogP contribution >= 0.6 is 23.1 Å². The average Bonchev–Trinajstić information content (AvgIpc) is 3.09. The third kappa shape index (κ3) is 3.55. The van der Waals surface area contributed by atoms with Crippen molar-refractivity contribution < 1.29 is 9.59 Å². The molecule has 8 heteroatoms. The van der Waals surface area contributed by atoms with Crippen LogP contribution in [0.2, 0.25) is 0 Å². The van der Waals surface area contributed by atoms with Gasteiger partial charge in [-0.1, -0.05) is 42.1 Å². The molecule has 0 fully saturated rings. The molecule has 6 nitrogen and oxygen atoms in total.